The van der Waals surface area contributed by atoms with Crippen LogP contribution in [0.1, 0.15) is 37.6 Å². The average molecular weight is 423 g/mol. The summed E-state index contributed by atoms with van der Waals surface area (Å²) in [5, 5.41) is 28.8. The van der Waals surface area contributed by atoms with Crippen molar-refractivity contribution in [3.63, 3.8) is 0 Å². The van der Waals surface area contributed by atoms with Crippen molar-refractivity contribution in [3.8, 4) is 0 Å². The van der Waals surface area contributed by atoms with Gasteiger partial charge in [-0.3, -0.25) is 4.79 Å². The first-order valence-electron chi connectivity index (χ1n) is 10.3. The zero-order valence-electron chi connectivity index (χ0n) is 16.8. The van der Waals surface area contributed by atoms with Gasteiger partial charge in [0.15, 0.2) is 6.10 Å². The van der Waals surface area contributed by atoms with Gasteiger partial charge in [-0.15, -0.1) is 0 Å². The third-order valence-corrected chi connectivity index (χ3v) is 5.36. The van der Waals surface area contributed by atoms with Crippen molar-refractivity contribution in [2.75, 3.05) is 10.6 Å². The highest BCUT2D eigenvalue weighted by Crippen LogP contribution is 2.21. The number of imidazole rings is 1. The quantitative estimate of drug-likeness (QED) is 0.362. The van der Waals surface area contributed by atoms with Crippen LogP contribution in [0.2, 0.25) is 0 Å². The maximum absolute atomic E-state index is 12.4. The molecule has 31 heavy (non-hydrogen) atoms. The summed E-state index contributed by atoms with van der Waals surface area (Å²) in [7, 11) is 0. The minimum absolute atomic E-state index is 0.108. The molecule has 0 spiro atoms. The van der Waals surface area contributed by atoms with E-state index in [0.29, 0.717) is 22.4 Å². The molecule has 2 atom stereocenters. The first kappa shape index (κ1) is 20.8. The fraction of sp³-hybridized carbons (Fsp3) is 0.318. The Morgan fingerprint density at radius 2 is 1.61 bits per heavy atom. The highest BCUT2D eigenvalue weighted by Gasteiger charge is 2.28. The number of nitrogens with zero attached hydrogens (tertiary/aromatic N) is 1. The van der Waals surface area contributed by atoms with Crippen LogP contribution < -0.4 is 16.0 Å². The number of carbonyl (C=O) groups excluding carboxylic acids is 2. The van der Waals surface area contributed by atoms with Gasteiger partial charge in [0.05, 0.1) is 11.0 Å². The van der Waals surface area contributed by atoms with E-state index in [0.717, 1.165) is 25.7 Å². The van der Waals surface area contributed by atoms with Crippen molar-refractivity contribution >= 4 is 34.3 Å². The number of rotatable bonds is 6. The monoisotopic (exact) mass is 423 g/mol. The number of benzene rings is 2. The van der Waals surface area contributed by atoms with Gasteiger partial charge in [-0.1, -0.05) is 25.0 Å². The second-order valence-electron chi connectivity index (χ2n) is 7.68. The Kier molecular flexibility index (Phi) is 6.15. The average Bonchev–Trinajstić information content (AvgIpc) is 3.43. The molecule has 162 valence electrons. The number of urea groups is 1. The standard InChI is InChI=1S/C22H25N5O4/c28-18(20-26-16-7-3-4-8-17(16)27-20)19(29)21(30)23-14-9-11-15(12-10-14)25-22(31)24-13-5-1-2-6-13/h3-4,7-13,18-19,28-29H,1-2,5-6H2,(H,23,30)(H,26,27)(H2,24,25,31). The van der Waals surface area contributed by atoms with E-state index in [-0.39, 0.29) is 17.9 Å². The number of anilines is 2. The topological polar surface area (TPSA) is 139 Å². The maximum atomic E-state index is 12.4. The fourth-order valence-electron chi connectivity index (χ4n) is 3.68. The fourth-order valence-corrected chi connectivity index (χ4v) is 3.68. The molecule has 9 heteroatoms. The number of para-hydroxylation sites is 2. The number of H-pyrrole nitrogens is 1. The minimum atomic E-state index is -1.71. The third-order valence-electron chi connectivity index (χ3n) is 5.36. The number of aromatic nitrogens is 2. The number of aliphatic hydroxyl groups excluding tert-OH is 2. The van der Waals surface area contributed by atoms with Crippen LogP contribution in [0.5, 0.6) is 0 Å². The van der Waals surface area contributed by atoms with Gasteiger partial charge in [-0.25, -0.2) is 9.78 Å². The molecule has 1 aliphatic rings. The van der Waals surface area contributed by atoms with Gasteiger partial charge in [0, 0.05) is 17.4 Å². The van der Waals surface area contributed by atoms with Crippen LogP contribution in [0, 0.1) is 0 Å². The van der Waals surface area contributed by atoms with Crippen LogP contribution in [0.3, 0.4) is 0 Å². The van der Waals surface area contributed by atoms with E-state index in [9.17, 15) is 19.8 Å². The van der Waals surface area contributed by atoms with Gasteiger partial charge in [0.2, 0.25) is 0 Å². The number of aromatic amines is 1. The molecule has 6 N–H and O–H groups in total. The van der Waals surface area contributed by atoms with Crippen molar-refractivity contribution in [2.45, 2.75) is 43.9 Å². The van der Waals surface area contributed by atoms with E-state index in [1.165, 1.54) is 0 Å². The highest BCUT2D eigenvalue weighted by atomic mass is 16.3. The Hall–Kier alpha value is -3.43. The molecular weight excluding hydrogens is 398 g/mol. The predicted octanol–water partition coefficient (Wildman–Crippen LogP) is 2.66. The number of carbonyl (C=O) groups is 2. The van der Waals surface area contributed by atoms with Crippen molar-refractivity contribution in [1.82, 2.24) is 15.3 Å². The normalized spacial score (nSPS) is 16.1. The van der Waals surface area contributed by atoms with E-state index in [1.807, 2.05) is 6.07 Å². The Morgan fingerprint density at radius 1 is 0.968 bits per heavy atom. The Bertz CT molecular complexity index is 1030. The molecule has 0 saturated heterocycles. The van der Waals surface area contributed by atoms with E-state index >= 15 is 0 Å². The molecular formula is C22H25N5O4. The van der Waals surface area contributed by atoms with Crippen molar-refractivity contribution in [1.29, 1.82) is 0 Å². The molecule has 3 amide bonds. The smallest absolute Gasteiger partial charge is 0.319 e. The molecule has 0 aliphatic heterocycles. The van der Waals surface area contributed by atoms with Gasteiger partial charge >= 0.3 is 6.03 Å². The number of aliphatic hydroxyl groups is 2. The summed E-state index contributed by atoms with van der Waals surface area (Å²) in [4.78, 5) is 31.5. The first-order valence-corrected chi connectivity index (χ1v) is 10.3. The van der Waals surface area contributed by atoms with Crippen LogP contribution in [-0.4, -0.2) is 44.3 Å². The van der Waals surface area contributed by atoms with Gasteiger partial charge in [-0.05, 0) is 49.2 Å². The third kappa shape index (κ3) is 5.01. The number of amides is 3. The molecule has 2 aromatic carbocycles. The molecule has 0 radical (unpaired) electrons. The summed E-state index contributed by atoms with van der Waals surface area (Å²) < 4.78 is 0. The van der Waals surface area contributed by atoms with Gasteiger partial charge < -0.3 is 31.1 Å². The zero-order chi connectivity index (χ0) is 21.8. The number of fused-ring (bicyclic) bond motifs is 1. The lowest BCUT2D eigenvalue weighted by Gasteiger charge is -2.16. The lowest BCUT2D eigenvalue weighted by atomic mass is 10.1. The maximum Gasteiger partial charge on any atom is 0.319 e. The number of hydrogen-bond donors (Lipinski definition) is 6. The first-order chi connectivity index (χ1) is 15.0. The van der Waals surface area contributed by atoms with E-state index in [4.69, 9.17) is 0 Å². The summed E-state index contributed by atoms with van der Waals surface area (Å²) in [6.45, 7) is 0. The van der Waals surface area contributed by atoms with E-state index in [1.54, 1.807) is 42.5 Å². The second kappa shape index (κ2) is 9.15. The van der Waals surface area contributed by atoms with Crippen molar-refractivity contribution in [2.24, 2.45) is 0 Å². The number of hydrogen-bond acceptors (Lipinski definition) is 5. The largest absolute Gasteiger partial charge is 0.382 e. The molecule has 1 saturated carbocycles. The molecule has 2 unspecified atom stereocenters. The molecule has 9 nitrogen and oxygen atoms in total. The Balaban J connectivity index is 1.32. The van der Waals surface area contributed by atoms with Gasteiger partial charge in [-0.2, -0.15) is 0 Å². The summed E-state index contributed by atoms with van der Waals surface area (Å²) in [6.07, 6.45) is 1.05. The van der Waals surface area contributed by atoms with Gasteiger partial charge in [0.1, 0.15) is 11.9 Å². The Morgan fingerprint density at radius 3 is 2.29 bits per heavy atom. The van der Waals surface area contributed by atoms with Crippen molar-refractivity contribution < 1.29 is 19.8 Å². The molecule has 1 fully saturated rings. The van der Waals surface area contributed by atoms with Crippen LogP contribution in [-0.2, 0) is 4.79 Å². The molecule has 1 heterocycles. The molecule has 3 aromatic rings. The molecule has 0 bridgehead atoms. The predicted molar refractivity (Wildman–Crippen MR) is 117 cm³/mol. The van der Waals surface area contributed by atoms with Crippen LogP contribution in [0.15, 0.2) is 48.5 Å². The lowest BCUT2D eigenvalue weighted by Crippen LogP contribution is -2.36. The highest BCUT2D eigenvalue weighted by molar-refractivity contribution is 5.95. The lowest BCUT2D eigenvalue weighted by molar-refractivity contribution is -0.130. The molecule has 1 aromatic heterocycles. The summed E-state index contributed by atoms with van der Waals surface area (Å²) in [6, 6.07) is 13.6. The minimum Gasteiger partial charge on any atom is -0.382 e. The Labute approximate surface area is 178 Å². The number of nitrogens with one attached hydrogen (secondary N) is 4. The second-order valence-corrected chi connectivity index (χ2v) is 7.68. The summed E-state index contributed by atoms with van der Waals surface area (Å²) in [5.74, 6) is -0.663. The summed E-state index contributed by atoms with van der Waals surface area (Å²) in [5.41, 5.74) is 2.33. The van der Waals surface area contributed by atoms with Crippen molar-refractivity contribution in [3.05, 3.63) is 54.4 Å². The summed E-state index contributed by atoms with van der Waals surface area (Å²) >= 11 is 0. The van der Waals surface area contributed by atoms with E-state index < -0.39 is 18.1 Å². The molecule has 4 rings (SSSR count). The van der Waals surface area contributed by atoms with Crippen LogP contribution in [0.25, 0.3) is 11.0 Å². The SMILES string of the molecule is O=C(Nc1ccc(NC(=O)C(O)C(O)c2nc3ccccc3[nH]2)cc1)NC1CCCC1. The molecule has 1 aliphatic carbocycles. The van der Waals surface area contributed by atoms with Gasteiger partial charge in [0.25, 0.3) is 5.91 Å². The zero-order valence-corrected chi connectivity index (χ0v) is 16.8. The van der Waals surface area contributed by atoms with Crippen LogP contribution in [0.4, 0.5) is 16.2 Å². The van der Waals surface area contributed by atoms with E-state index in [2.05, 4.69) is 25.9 Å². The van der Waals surface area contributed by atoms with Crippen LogP contribution >= 0.6 is 0 Å².